The van der Waals surface area contributed by atoms with Crippen molar-refractivity contribution in [3.63, 3.8) is 0 Å². The summed E-state index contributed by atoms with van der Waals surface area (Å²) in [6.07, 6.45) is -1.80. The van der Waals surface area contributed by atoms with Crippen LogP contribution in [-0.2, 0) is 0 Å². The Bertz CT molecular complexity index is 1090. The average molecular weight is 477 g/mol. The highest BCUT2D eigenvalue weighted by Gasteiger charge is 2.46. The van der Waals surface area contributed by atoms with Crippen molar-refractivity contribution in [2.45, 2.75) is 51.4 Å². The van der Waals surface area contributed by atoms with Gasteiger partial charge in [0.15, 0.2) is 0 Å². The number of fused-ring (bicyclic) bond motifs is 3. The van der Waals surface area contributed by atoms with Gasteiger partial charge in [-0.05, 0) is 60.6 Å². The van der Waals surface area contributed by atoms with Gasteiger partial charge in [-0.3, -0.25) is 14.9 Å². The number of hydrogen-bond donors (Lipinski definition) is 2. The molecular weight excluding hydrogens is 451 g/mol. The predicted molar refractivity (Wildman–Crippen MR) is 120 cm³/mol. The minimum Gasteiger partial charge on any atom is -0.406 e. The predicted octanol–water partition coefficient (Wildman–Crippen LogP) is 5.63. The lowest BCUT2D eigenvalue weighted by Crippen LogP contribution is -2.51. The Morgan fingerprint density at radius 3 is 2.53 bits per heavy atom. The Kier molecular flexibility index (Phi) is 6.18. The summed E-state index contributed by atoms with van der Waals surface area (Å²) in [5.74, 6) is -0.277. The van der Waals surface area contributed by atoms with Crippen LogP contribution in [0.2, 0.25) is 0 Å². The third-order valence-electron chi connectivity index (χ3n) is 6.85. The quantitative estimate of drug-likeness (QED) is 0.416. The van der Waals surface area contributed by atoms with Crippen LogP contribution in [-0.4, -0.2) is 29.8 Å². The summed E-state index contributed by atoms with van der Waals surface area (Å²) in [4.78, 5) is 23.5. The SMILES string of the molecule is CC(C)(CNC(=O)c1ccc(OC(F)(F)F)cc1)C1Nc2ccc([N+](=O)[O-])cc2C2CCCC21. The van der Waals surface area contributed by atoms with Gasteiger partial charge in [0, 0.05) is 41.4 Å². The van der Waals surface area contributed by atoms with E-state index in [4.69, 9.17) is 0 Å². The highest BCUT2D eigenvalue weighted by atomic mass is 19.4. The summed E-state index contributed by atoms with van der Waals surface area (Å²) in [5.41, 5.74) is 1.83. The lowest BCUT2D eigenvalue weighted by atomic mass is 9.69. The Morgan fingerprint density at radius 2 is 1.88 bits per heavy atom. The van der Waals surface area contributed by atoms with Crippen LogP contribution in [0.4, 0.5) is 24.5 Å². The molecule has 1 aliphatic heterocycles. The fraction of sp³-hybridized carbons (Fsp3) is 0.458. The van der Waals surface area contributed by atoms with Gasteiger partial charge in [0.25, 0.3) is 11.6 Å². The van der Waals surface area contributed by atoms with Gasteiger partial charge in [-0.15, -0.1) is 13.2 Å². The van der Waals surface area contributed by atoms with Crippen molar-refractivity contribution >= 4 is 17.3 Å². The fourth-order valence-electron chi connectivity index (χ4n) is 5.25. The molecule has 0 saturated heterocycles. The Labute approximate surface area is 194 Å². The van der Waals surface area contributed by atoms with E-state index < -0.39 is 6.36 Å². The van der Waals surface area contributed by atoms with E-state index in [0.717, 1.165) is 42.6 Å². The molecule has 2 aromatic carbocycles. The summed E-state index contributed by atoms with van der Waals surface area (Å²) in [5, 5.41) is 17.7. The number of carbonyl (C=O) groups is 1. The Morgan fingerprint density at radius 1 is 1.18 bits per heavy atom. The van der Waals surface area contributed by atoms with Crippen LogP contribution in [0.25, 0.3) is 0 Å². The Hall–Kier alpha value is -3.30. The molecule has 0 spiro atoms. The number of nitrogens with one attached hydrogen (secondary N) is 2. The molecule has 0 radical (unpaired) electrons. The van der Waals surface area contributed by atoms with Gasteiger partial charge in [-0.1, -0.05) is 20.3 Å². The second-order valence-electron chi connectivity index (χ2n) is 9.60. The number of ether oxygens (including phenoxy) is 1. The van der Waals surface area contributed by atoms with E-state index in [-0.39, 0.29) is 51.1 Å². The molecule has 34 heavy (non-hydrogen) atoms. The van der Waals surface area contributed by atoms with Crippen LogP contribution in [0.15, 0.2) is 42.5 Å². The number of carbonyl (C=O) groups excluding carboxylic acids is 1. The number of rotatable bonds is 6. The van der Waals surface area contributed by atoms with E-state index in [1.165, 1.54) is 18.2 Å². The first kappa shape index (κ1) is 23.8. The molecule has 1 amide bonds. The summed E-state index contributed by atoms with van der Waals surface area (Å²) < 4.78 is 40.8. The van der Waals surface area contributed by atoms with Crippen molar-refractivity contribution in [1.29, 1.82) is 0 Å². The molecule has 10 heteroatoms. The van der Waals surface area contributed by atoms with Crippen molar-refractivity contribution in [3.05, 3.63) is 63.7 Å². The molecule has 1 heterocycles. The number of nitro benzene ring substituents is 1. The van der Waals surface area contributed by atoms with Crippen LogP contribution >= 0.6 is 0 Å². The molecule has 4 rings (SSSR count). The first-order valence-electron chi connectivity index (χ1n) is 11.1. The molecule has 2 aliphatic rings. The van der Waals surface area contributed by atoms with Gasteiger partial charge in [-0.25, -0.2) is 0 Å². The fourth-order valence-corrected chi connectivity index (χ4v) is 5.25. The number of anilines is 1. The van der Waals surface area contributed by atoms with Crippen molar-refractivity contribution in [1.82, 2.24) is 5.32 Å². The van der Waals surface area contributed by atoms with Crippen LogP contribution in [0.1, 0.15) is 54.9 Å². The highest BCUT2D eigenvalue weighted by Crippen LogP contribution is 2.52. The third kappa shape index (κ3) is 4.95. The number of hydrogen-bond acceptors (Lipinski definition) is 5. The maximum atomic E-state index is 12.6. The molecule has 0 aromatic heterocycles. The average Bonchev–Trinajstić information content (AvgIpc) is 3.26. The minimum absolute atomic E-state index is 0.0387. The molecule has 1 saturated carbocycles. The van der Waals surface area contributed by atoms with Crippen molar-refractivity contribution in [2.24, 2.45) is 11.3 Å². The van der Waals surface area contributed by atoms with Crippen LogP contribution < -0.4 is 15.4 Å². The van der Waals surface area contributed by atoms with E-state index in [9.17, 15) is 28.1 Å². The van der Waals surface area contributed by atoms with Crippen LogP contribution in [0.5, 0.6) is 5.75 Å². The monoisotopic (exact) mass is 477 g/mol. The van der Waals surface area contributed by atoms with Gasteiger partial charge in [0.05, 0.1) is 4.92 Å². The van der Waals surface area contributed by atoms with Crippen LogP contribution in [0, 0.1) is 21.4 Å². The van der Waals surface area contributed by atoms with Crippen molar-refractivity contribution in [3.8, 4) is 5.75 Å². The summed E-state index contributed by atoms with van der Waals surface area (Å²) >= 11 is 0. The molecular formula is C24H26F3N3O4. The first-order valence-corrected chi connectivity index (χ1v) is 11.1. The van der Waals surface area contributed by atoms with E-state index in [1.54, 1.807) is 12.1 Å². The molecule has 3 unspecified atom stereocenters. The van der Waals surface area contributed by atoms with Crippen LogP contribution in [0.3, 0.4) is 0 Å². The first-order chi connectivity index (χ1) is 15.9. The molecule has 3 atom stereocenters. The maximum Gasteiger partial charge on any atom is 0.573 e. The molecule has 182 valence electrons. The second kappa shape index (κ2) is 8.81. The third-order valence-corrected chi connectivity index (χ3v) is 6.85. The van der Waals surface area contributed by atoms with Crippen molar-refractivity contribution < 1.29 is 27.6 Å². The van der Waals surface area contributed by atoms with E-state index in [1.807, 2.05) is 0 Å². The number of alkyl halides is 3. The summed E-state index contributed by atoms with van der Waals surface area (Å²) in [6, 6.07) is 9.76. The van der Waals surface area contributed by atoms with Gasteiger partial charge < -0.3 is 15.4 Å². The lowest BCUT2D eigenvalue weighted by Gasteiger charge is -2.45. The molecule has 2 aromatic rings. The summed E-state index contributed by atoms with van der Waals surface area (Å²) in [7, 11) is 0. The standard InChI is InChI=1S/C24H26F3N3O4/c1-23(2,13-28-22(31)14-6-9-16(10-7-14)34-24(25,26)27)21-18-5-3-4-17(18)19-12-15(30(32)33)8-11-20(19)29-21/h6-12,17-18,21,29H,3-5,13H2,1-2H3,(H,28,31). The van der Waals surface area contributed by atoms with Gasteiger partial charge in [0.1, 0.15) is 5.75 Å². The number of nitrogens with zero attached hydrogens (tertiary/aromatic N) is 1. The zero-order chi connectivity index (χ0) is 24.7. The number of benzene rings is 2. The highest BCUT2D eigenvalue weighted by molar-refractivity contribution is 5.94. The summed E-state index contributed by atoms with van der Waals surface area (Å²) in [6.45, 7) is 4.45. The largest absolute Gasteiger partial charge is 0.573 e. The lowest BCUT2D eigenvalue weighted by molar-refractivity contribution is -0.384. The molecule has 2 N–H and O–H groups in total. The number of halogens is 3. The molecule has 1 fully saturated rings. The smallest absolute Gasteiger partial charge is 0.406 e. The van der Waals surface area contributed by atoms with E-state index in [0.29, 0.717) is 6.54 Å². The molecule has 7 nitrogen and oxygen atoms in total. The van der Waals surface area contributed by atoms with Gasteiger partial charge >= 0.3 is 6.36 Å². The minimum atomic E-state index is -4.79. The number of non-ortho nitro benzene ring substituents is 1. The van der Waals surface area contributed by atoms with E-state index in [2.05, 4.69) is 29.2 Å². The molecule has 0 bridgehead atoms. The van der Waals surface area contributed by atoms with Crippen molar-refractivity contribution in [2.75, 3.05) is 11.9 Å². The van der Waals surface area contributed by atoms with Gasteiger partial charge in [-0.2, -0.15) is 0 Å². The van der Waals surface area contributed by atoms with Gasteiger partial charge in [0.2, 0.25) is 0 Å². The molecule has 1 aliphatic carbocycles. The Balaban J connectivity index is 1.46. The zero-order valence-corrected chi connectivity index (χ0v) is 18.8. The number of nitro groups is 1. The number of amides is 1. The van der Waals surface area contributed by atoms with E-state index >= 15 is 0 Å². The topological polar surface area (TPSA) is 93.5 Å². The normalized spacial score (nSPS) is 21.7. The second-order valence-corrected chi connectivity index (χ2v) is 9.60. The zero-order valence-electron chi connectivity index (χ0n) is 18.8. The maximum absolute atomic E-state index is 12.6.